The van der Waals surface area contributed by atoms with E-state index >= 15 is 0 Å². The third kappa shape index (κ3) is 3.66. The van der Waals surface area contributed by atoms with Crippen LogP contribution in [0.4, 0.5) is 0 Å². The summed E-state index contributed by atoms with van der Waals surface area (Å²) in [4.78, 5) is 28.7. The molecule has 0 aromatic carbocycles. The van der Waals surface area contributed by atoms with Crippen molar-refractivity contribution in [2.24, 2.45) is 5.41 Å². The molecule has 0 unspecified atom stereocenters. The lowest BCUT2D eigenvalue weighted by molar-refractivity contribution is 0.00893. The lowest BCUT2D eigenvalue weighted by atomic mass is 9.78. The predicted octanol–water partition coefficient (Wildman–Crippen LogP) is 0.806. The molecule has 0 spiro atoms. The van der Waals surface area contributed by atoms with Gasteiger partial charge in [-0.1, -0.05) is 0 Å². The summed E-state index contributed by atoms with van der Waals surface area (Å²) >= 11 is 0. The fourth-order valence-corrected chi connectivity index (χ4v) is 3.21. The fraction of sp³-hybridized carbons (Fsp3) is 0.588. The van der Waals surface area contributed by atoms with Crippen molar-refractivity contribution in [3.8, 4) is 6.07 Å². The van der Waals surface area contributed by atoms with Crippen molar-refractivity contribution in [2.75, 3.05) is 33.4 Å². The summed E-state index contributed by atoms with van der Waals surface area (Å²) in [6.45, 7) is 3.19. The molecule has 0 saturated carbocycles. The van der Waals surface area contributed by atoms with Gasteiger partial charge < -0.3 is 19.7 Å². The number of pyridine rings is 1. The Balaban J connectivity index is 2.26. The van der Waals surface area contributed by atoms with Gasteiger partial charge in [0.2, 0.25) is 0 Å². The SMILES string of the molecule is COCC[C@]1(CO)CCCN(C(=O)c2cc(C#N)c(=O)[nH]c2C)C1. The van der Waals surface area contributed by atoms with Gasteiger partial charge in [-0.2, -0.15) is 5.26 Å². The van der Waals surface area contributed by atoms with Crippen LogP contribution in [0.3, 0.4) is 0 Å². The highest BCUT2D eigenvalue weighted by molar-refractivity contribution is 5.95. The summed E-state index contributed by atoms with van der Waals surface area (Å²) in [6, 6.07) is 3.15. The van der Waals surface area contributed by atoms with Crippen LogP contribution in [0.2, 0.25) is 0 Å². The van der Waals surface area contributed by atoms with Gasteiger partial charge in [0.05, 0.1) is 12.2 Å². The number of aromatic amines is 1. The number of piperidine rings is 1. The second kappa shape index (κ2) is 7.60. The lowest BCUT2D eigenvalue weighted by Gasteiger charge is -2.42. The van der Waals surface area contributed by atoms with E-state index in [-0.39, 0.29) is 23.5 Å². The molecular formula is C17H23N3O4. The molecule has 1 aromatic rings. The number of nitriles is 1. The van der Waals surface area contributed by atoms with Gasteiger partial charge in [0.25, 0.3) is 11.5 Å². The summed E-state index contributed by atoms with van der Waals surface area (Å²) in [5.74, 6) is -0.227. The number of aliphatic hydroxyl groups excluding tert-OH is 1. The molecule has 2 heterocycles. The van der Waals surface area contributed by atoms with E-state index in [2.05, 4.69) is 4.98 Å². The number of hydrogen-bond acceptors (Lipinski definition) is 5. The van der Waals surface area contributed by atoms with Crippen LogP contribution in [-0.4, -0.2) is 54.3 Å². The molecule has 24 heavy (non-hydrogen) atoms. The molecule has 7 heteroatoms. The lowest BCUT2D eigenvalue weighted by Crippen LogP contribution is -2.48. The summed E-state index contributed by atoms with van der Waals surface area (Å²) in [5, 5.41) is 18.8. The molecule has 1 fully saturated rings. The Hall–Kier alpha value is -2.17. The van der Waals surface area contributed by atoms with Crippen molar-refractivity contribution in [2.45, 2.75) is 26.2 Å². The fourth-order valence-electron chi connectivity index (χ4n) is 3.21. The molecule has 0 bridgehead atoms. The zero-order chi connectivity index (χ0) is 17.7. The minimum Gasteiger partial charge on any atom is -0.396 e. The minimum absolute atomic E-state index is 0.00576. The Morgan fingerprint density at radius 3 is 2.96 bits per heavy atom. The van der Waals surface area contributed by atoms with E-state index in [1.165, 1.54) is 6.07 Å². The first-order valence-corrected chi connectivity index (χ1v) is 7.99. The Morgan fingerprint density at radius 2 is 2.33 bits per heavy atom. The number of H-pyrrole nitrogens is 1. The minimum atomic E-state index is -0.491. The first kappa shape index (κ1) is 18.2. The molecule has 0 aliphatic carbocycles. The van der Waals surface area contributed by atoms with Gasteiger partial charge in [-0.15, -0.1) is 0 Å². The maximum atomic E-state index is 12.9. The molecule has 1 aromatic heterocycles. The number of methoxy groups -OCH3 is 1. The Morgan fingerprint density at radius 1 is 1.58 bits per heavy atom. The highest BCUT2D eigenvalue weighted by Gasteiger charge is 2.37. The number of carbonyl (C=O) groups excluding carboxylic acids is 1. The van der Waals surface area contributed by atoms with Crippen molar-refractivity contribution >= 4 is 5.91 Å². The number of nitrogens with zero attached hydrogens (tertiary/aromatic N) is 2. The van der Waals surface area contributed by atoms with Crippen LogP contribution >= 0.6 is 0 Å². The molecule has 1 amide bonds. The first-order chi connectivity index (χ1) is 11.5. The van der Waals surface area contributed by atoms with Crippen molar-refractivity contribution < 1.29 is 14.6 Å². The average Bonchev–Trinajstić information content (AvgIpc) is 2.60. The van der Waals surface area contributed by atoms with Gasteiger partial charge >= 0.3 is 0 Å². The van der Waals surface area contributed by atoms with E-state index in [0.29, 0.717) is 37.4 Å². The van der Waals surface area contributed by atoms with Crippen LogP contribution in [0.15, 0.2) is 10.9 Å². The molecule has 1 aliphatic rings. The highest BCUT2D eigenvalue weighted by Crippen LogP contribution is 2.33. The molecule has 1 saturated heterocycles. The number of nitrogens with one attached hydrogen (secondary N) is 1. The summed E-state index contributed by atoms with van der Waals surface area (Å²) < 4.78 is 5.12. The first-order valence-electron chi connectivity index (χ1n) is 7.99. The third-order valence-corrected chi connectivity index (χ3v) is 4.71. The molecule has 2 rings (SSSR count). The smallest absolute Gasteiger partial charge is 0.266 e. The van der Waals surface area contributed by atoms with E-state index in [1.54, 1.807) is 25.0 Å². The molecule has 7 nitrogen and oxygen atoms in total. The van der Waals surface area contributed by atoms with Crippen molar-refractivity contribution in [1.29, 1.82) is 5.26 Å². The molecule has 2 N–H and O–H groups in total. The van der Waals surface area contributed by atoms with E-state index in [1.807, 2.05) is 0 Å². The average molecular weight is 333 g/mol. The number of carbonyl (C=O) groups is 1. The number of aryl methyl sites for hydroxylation is 1. The Bertz CT molecular complexity index is 707. The number of aromatic nitrogens is 1. The zero-order valence-electron chi connectivity index (χ0n) is 14.1. The van der Waals surface area contributed by atoms with E-state index in [4.69, 9.17) is 10.00 Å². The third-order valence-electron chi connectivity index (χ3n) is 4.71. The van der Waals surface area contributed by atoms with Crippen LogP contribution in [0.25, 0.3) is 0 Å². The normalized spacial score (nSPS) is 20.7. The van der Waals surface area contributed by atoms with Gasteiger partial charge in [0, 0.05) is 37.9 Å². The Labute approximate surface area is 140 Å². The standard InChI is InChI=1S/C17H23N3O4/c1-12-14(8-13(9-18)15(22)19-12)16(23)20-6-3-4-17(10-20,11-21)5-7-24-2/h8,21H,3-7,10-11H2,1-2H3,(H,19,22)/t17-/m1/s1. The molecule has 1 atom stereocenters. The van der Waals surface area contributed by atoms with Crippen LogP contribution in [0.5, 0.6) is 0 Å². The number of amides is 1. The van der Waals surface area contributed by atoms with E-state index in [9.17, 15) is 14.7 Å². The highest BCUT2D eigenvalue weighted by atomic mass is 16.5. The summed E-state index contributed by atoms with van der Waals surface area (Å²) in [7, 11) is 1.61. The van der Waals surface area contributed by atoms with Crippen LogP contribution in [-0.2, 0) is 4.74 Å². The van der Waals surface area contributed by atoms with Gasteiger partial charge in [0.15, 0.2) is 0 Å². The number of hydrogen-bond donors (Lipinski definition) is 2. The van der Waals surface area contributed by atoms with Gasteiger partial charge in [-0.3, -0.25) is 9.59 Å². The van der Waals surface area contributed by atoms with E-state index < -0.39 is 5.56 Å². The van der Waals surface area contributed by atoms with Crippen LogP contribution < -0.4 is 5.56 Å². The molecule has 130 valence electrons. The molecule has 0 radical (unpaired) electrons. The number of rotatable bonds is 5. The maximum absolute atomic E-state index is 12.9. The van der Waals surface area contributed by atoms with E-state index in [0.717, 1.165) is 12.8 Å². The largest absolute Gasteiger partial charge is 0.396 e. The van der Waals surface area contributed by atoms with Crippen molar-refractivity contribution in [3.63, 3.8) is 0 Å². The van der Waals surface area contributed by atoms with Crippen molar-refractivity contribution in [3.05, 3.63) is 33.2 Å². The van der Waals surface area contributed by atoms with Crippen LogP contribution in [0.1, 0.15) is 40.9 Å². The summed E-state index contributed by atoms with van der Waals surface area (Å²) in [5.41, 5.74) is -0.158. The van der Waals surface area contributed by atoms with Gasteiger partial charge in [-0.05, 0) is 32.3 Å². The molecular weight excluding hydrogens is 310 g/mol. The molecule has 1 aliphatic heterocycles. The Kier molecular flexibility index (Phi) is 5.75. The second-order valence-corrected chi connectivity index (χ2v) is 6.39. The maximum Gasteiger partial charge on any atom is 0.266 e. The zero-order valence-corrected chi connectivity index (χ0v) is 14.1. The number of likely N-dealkylation sites (tertiary alicyclic amines) is 1. The quantitative estimate of drug-likeness (QED) is 0.829. The number of ether oxygens (including phenoxy) is 1. The number of aliphatic hydroxyl groups is 1. The van der Waals surface area contributed by atoms with Crippen molar-refractivity contribution in [1.82, 2.24) is 9.88 Å². The predicted molar refractivity (Wildman–Crippen MR) is 87.7 cm³/mol. The second-order valence-electron chi connectivity index (χ2n) is 6.39. The van der Waals surface area contributed by atoms with Crippen LogP contribution in [0, 0.1) is 23.7 Å². The topological polar surface area (TPSA) is 106 Å². The monoisotopic (exact) mass is 333 g/mol. The summed E-state index contributed by atoms with van der Waals surface area (Å²) in [6.07, 6.45) is 2.31. The van der Waals surface area contributed by atoms with Gasteiger partial charge in [-0.25, -0.2) is 0 Å². The van der Waals surface area contributed by atoms with Gasteiger partial charge in [0.1, 0.15) is 11.6 Å².